The molecule has 7 heteroatoms. The van der Waals surface area contributed by atoms with Crippen LogP contribution in [0.2, 0.25) is 0 Å². The predicted molar refractivity (Wildman–Crippen MR) is 87.9 cm³/mol. The molecule has 0 spiro atoms. The molecule has 24 heavy (non-hydrogen) atoms. The topological polar surface area (TPSA) is 89.3 Å². The number of aryl methyl sites for hydroxylation is 1. The van der Waals surface area contributed by atoms with E-state index in [1.807, 2.05) is 31.2 Å². The van der Waals surface area contributed by atoms with Gasteiger partial charge in [-0.05, 0) is 25.1 Å². The van der Waals surface area contributed by atoms with Crippen LogP contribution < -0.4 is 15.4 Å². The van der Waals surface area contributed by atoms with Gasteiger partial charge in [0.25, 0.3) is 0 Å². The van der Waals surface area contributed by atoms with Crippen LogP contribution in [0.3, 0.4) is 0 Å². The third-order valence-corrected chi connectivity index (χ3v) is 3.16. The van der Waals surface area contributed by atoms with Gasteiger partial charge in [0.1, 0.15) is 17.7 Å². The molecule has 0 fully saturated rings. The predicted octanol–water partition coefficient (Wildman–Crippen LogP) is 3.49. The van der Waals surface area contributed by atoms with Crippen molar-refractivity contribution in [2.45, 2.75) is 13.5 Å². The number of nitrogens with zero attached hydrogens (tertiary/aromatic N) is 2. The number of urea groups is 1. The van der Waals surface area contributed by atoms with Crippen LogP contribution in [-0.4, -0.2) is 16.2 Å². The highest BCUT2D eigenvalue weighted by molar-refractivity contribution is 5.88. The third kappa shape index (κ3) is 4.33. The number of amides is 2. The van der Waals surface area contributed by atoms with Crippen LogP contribution in [0.25, 0.3) is 0 Å². The Morgan fingerprint density at radius 2 is 2.00 bits per heavy atom. The standard InChI is InChI=1S/C17H16N4O3/c1-12-2-5-15(6-3-12)24-16-7-4-13(10-18-16)20-17(22)19-11-14-8-9-23-21-14/h2-10H,11H2,1H3,(H2,19,20,22). The van der Waals surface area contributed by atoms with Crippen molar-refractivity contribution in [3.05, 3.63) is 66.2 Å². The number of nitrogens with one attached hydrogen (secondary N) is 2. The van der Waals surface area contributed by atoms with Gasteiger partial charge in [0.2, 0.25) is 5.88 Å². The van der Waals surface area contributed by atoms with Crippen molar-refractivity contribution in [2.75, 3.05) is 5.32 Å². The summed E-state index contributed by atoms with van der Waals surface area (Å²) in [6, 6.07) is 12.4. The number of pyridine rings is 1. The average molecular weight is 324 g/mol. The van der Waals surface area contributed by atoms with Gasteiger partial charge in [-0.25, -0.2) is 9.78 Å². The molecule has 3 aromatic rings. The van der Waals surface area contributed by atoms with Crippen LogP contribution in [0.5, 0.6) is 11.6 Å². The van der Waals surface area contributed by atoms with Gasteiger partial charge in [-0.3, -0.25) is 0 Å². The molecule has 0 bridgehead atoms. The Morgan fingerprint density at radius 1 is 1.17 bits per heavy atom. The zero-order valence-corrected chi connectivity index (χ0v) is 13.0. The van der Waals surface area contributed by atoms with Crippen LogP contribution in [0, 0.1) is 6.92 Å². The number of anilines is 1. The summed E-state index contributed by atoms with van der Waals surface area (Å²) in [4.78, 5) is 15.9. The van der Waals surface area contributed by atoms with Crippen LogP contribution in [0.4, 0.5) is 10.5 Å². The summed E-state index contributed by atoms with van der Waals surface area (Å²) in [6.45, 7) is 2.29. The van der Waals surface area contributed by atoms with Gasteiger partial charge in [0.05, 0.1) is 18.4 Å². The second-order valence-electron chi connectivity index (χ2n) is 5.10. The normalized spacial score (nSPS) is 10.2. The van der Waals surface area contributed by atoms with Crippen molar-refractivity contribution >= 4 is 11.7 Å². The quantitative estimate of drug-likeness (QED) is 0.750. The summed E-state index contributed by atoms with van der Waals surface area (Å²) in [5.41, 5.74) is 2.36. The van der Waals surface area contributed by atoms with Gasteiger partial charge in [-0.2, -0.15) is 0 Å². The fourth-order valence-corrected chi connectivity index (χ4v) is 1.92. The van der Waals surface area contributed by atoms with E-state index in [1.165, 1.54) is 12.5 Å². The van der Waals surface area contributed by atoms with Crippen molar-refractivity contribution < 1.29 is 14.1 Å². The number of hydrogen-bond donors (Lipinski definition) is 2. The molecule has 1 aromatic carbocycles. The van der Waals surface area contributed by atoms with Gasteiger partial charge in [-0.1, -0.05) is 22.9 Å². The maximum atomic E-state index is 11.8. The van der Waals surface area contributed by atoms with Crippen molar-refractivity contribution in [3.8, 4) is 11.6 Å². The average Bonchev–Trinajstić information content (AvgIpc) is 3.10. The van der Waals surface area contributed by atoms with E-state index in [4.69, 9.17) is 4.74 Å². The first-order valence-corrected chi connectivity index (χ1v) is 7.34. The molecule has 0 aliphatic heterocycles. The lowest BCUT2D eigenvalue weighted by molar-refractivity contribution is 0.251. The lowest BCUT2D eigenvalue weighted by Gasteiger charge is -2.08. The molecule has 0 radical (unpaired) electrons. The fourth-order valence-electron chi connectivity index (χ4n) is 1.92. The molecule has 7 nitrogen and oxygen atoms in total. The minimum Gasteiger partial charge on any atom is -0.439 e. The summed E-state index contributed by atoms with van der Waals surface area (Å²) in [6.07, 6.45) is 2.98. The van der Waals surface area contributed by atoms with Crippen LogP contribution >= 0.6 is 0 Å². The summed E-state index contributed by atoms with van der Waals surface area (Å²) in [5, 5.41) is 9.04. The molecule has 2 heterocycles. The highest BCUT2D eigenvalue weighted by Crippen LogP contribution is 2.20. The highest BCUT2D eigenvalue weighted by atomic mass is 16.5. The van der Waals surface area contributed by atoms with Crippen molar-refractivity contribution in [3.63, 3.8) is 0 Å². The number of hydrogen-bond acceptors (Lipinski definition) is 5. The molecule has 122 valence electrons. The molecule has 0 aliphatic rings. The van der Waals surface area contributed by atoms with E-state index < -0.39 is 0 Å². The number of carbonyl (C=O) groups excluding carboxylic acids is 1. The number of rotatable bonds is 5. The minimum atomic E-state index is -0.355. The Labute approximate surface area is 138 Å². The molecule has 2 aromatic heterocycles. The number of benzene rings is 1. The number of ether oxygens (including phenoxy) is 1. The third-order valence-electron chi connectivity index (χ3n) is 3.16. The zero-order chi connectivity index (χ0) is 16.8. The molecule has 0 unspecified atom stereocenters. The molecule has 2 N–H and O–H groups in total. The second-order valence-corrected chi connectivity index (χ2v) is 5.10. The largest absolute Gasteiger partial charge is 0.439 e. The summed E-state index contributed by atoms with van der Waals surface area (Å²) >= 11 is 0. The summed E-state index contributed by atoms with van der Waals surface area (Å²) in [7, 11) is 0. The fraction of sp³-hybridized carbons (Fsp3) is 0.118. The van der Waals surface area contributed by atoms with Crippen LogP contribution in [-0.2, 0) is 6.54 Å². The van der Waals surface area contributed by atoms with Crippen molar-refractivity contribution in [2.24, 2.45) is 0 Å². The Kier molecular flexibility index (Phi) is 4.71. The number of carbonyl (C=O) groups is 1. The monoisotopic (exact) mass is 324 g/mol. The van der Waals surface area contributed by atoms with Gasteiger partial charge in [0.15, 0.2) is 0 Å². The first-order chi connectivity index (χ1) is 11.7. The van der Waals surface area contributed by atoms with Gasteiger partial charge >= 0.3 is 6.03 Å². The minimum absolute atomic E-state index is 0.282. The summed E-state index contributed by atoms with van der Waals surface area (Å²) in [5.74, 6) is 1.16. The molecule has 2 amide bonds. The van der Waals surface area contributed by atoms with Gasteiger partial charge in [0, 0.05) is 12.1 Å². The van der Waals surface area contributed by atoms with Gasteiger partial charge in [-0.15, -0.1) is 0 Å². The SMILES string of the molecule is Cc1ccc(Oc2ccc(NC(=O)NCc3ccon3)cn2)cc1. The highest BCUT2D eigenvalue weighted by Gasteiger charge is 2.04. The maximum Gasteiger partial charge on any atom is 0.319 e. The Balaban J connectivity index is 1.52. The smallest absolute Gasteiger partial charge is 0.319 e. The molecule has 0 saturated carbocycles. The molecule has 0 saturated heterocycles. The number of aromatic nitrogens is 2. The van der Waals surface area contributed by atoms with E-state index in [9.17, 15) is 4.79 Å². The first-order valence-electron chi connectivity index (χ1n) is 7.34. The Bertz CT molecular complexity index is 784. The first kappa shape index (κ1) is 15.5. The Hall–Kier alpha value is -3.35. The Morgan fingerprint density at radius 3 is 2.67 bits per heavy atom. The van der Waals surface area contributed by atoms with Crippen molar-refractivity contribution in [1.29, 1.82) is 0 Å². The molecule has 3 rings (SSSR count). The van der Waals surface area contributed by atoms with E-state index in [2.05, 4.69) is 25.3 Å². The summed E-state index contributed by atoms with van der Waals surface area (Å²) < 4.78 is 10.3. The molecule has 0 aliphatic carbocycles. The maximum absolute atomic E-state index is 11.8. The second kappa shape index (κ2) is 7.28. The lowest BCUT2D eigenvalue weighted by atomic mass is 10.2. The van der Waals surface area contributed by atoms with E-state index in [-0.39, 0.29) is 12.6 Å². The van der Waals surface area contributed by atoms with E-state index in [0.29, 0.717) is 23.0 Å². The molecular weight excluding hydrogens is 308 g/mol. The van der Waals surface area contributed by atoms with E-state index >= 15 is 0 Å². The molecule has 0 atom stereocenters. The van der Waals surface area contributed by atoms with Crippen molar-refractivity contribution in [1.82, 2.24) is 15.5 Å². The van der Waals surface area contributed by atoms with Crippen LogP contribution in [0.15, 0.2) is 59.4 Å². The van der Waals surface area contributed by atoms with E-state index in [0.717, 1.165) is 5.56 Å². The van der Waals surface area contributed by atoms with Gasteiger partial charge < -0.3 is 19.9 Å². The van der Waals surface area contributed by atoms with E-state index in [1.54, 1.807) is 18.2 Å². The van der Waals surface area contributed by atoms with Crippen LogP contribution in [0.1, 0.15) is 11.3 Å². The zero-order valence-electron chi connectivity index (χ0n) is 13.0. The lowest BCUT2D eigenvalue weighted by Crippen LogP contribution is -2.28. The molecular formula is C17H16N4O3.